The van der Waals surface area contributed by atoms with Crippen molar-refractivity contribution in [3.8, 4) is 0 Å². The second kappa shape index (κ2) is 9.10. The zero-order valence-corrected chi connectivity index (χ0v) is 15.0. The van der Waals surface area contributed by atoms with Crippen LogP contribution in [0.2, 0.25) is 0 Å². The van der Waals surface area contributed by atoms with E-state index in [9.17, 15) is 14.0 Å². The highest BCUT2D eigenvalue weighted by molar-refractivity contribution is 5.97. The standard InChI is InChI=1S/C20H24FN3O2/c1-3-13(2)18(22)20(26)24-17-10-6-15(7-11-17)19(25)23-12-14-4-8-16(21)9-5-14/h4-11,13,18H,3,12,22H2,1-2H3,(H,23,25)(H,24,26). The maximum absolute atomic E-state index is 12.9. The fourth-order valence-corrected chi connectivity index (χ4v) is 2.33. The molecule has 0 saturated heterocycles. The summed E-state index contributed by atoms with van der Waals surface area (Å²) in [4.78, 5) is 24.2. The number of nitrogens with one attached hydrogen (secondary N) is 2. The van der Waals surface area contributed by atoms with E-state index in [0.717, 1.165) is 12.0 Å². The lowest BCUT2D eigenvalue weighted by Crippen LogP contribution is -2.40. The minimum atomic E-state index is -0.571. The van der Waals surface area contributed by atoms with Gasteiger partial charge in [0.25, 0.3) is 5.91 Å². The van der Waals surface area contributed by atoms with Crippen molar-refractivity contribution in [3.05, 3.63) is 65.5 Å². The molecule has 5 nitrogen and oxygen atoms in total. The fraction of sp³-hybridized carbons (Fsp3) is 0.300. The molecule has 0 aliphatic rings. The van der Waals surface area contributed by atoms with Crippen LogP contribution in [0.5, 0.6) is 0 Å². The maximum atomic E-state index is 12.9. The van der Waals surface area contributed by atoms with Gasteiger partial charge >= 0.3 is 0 Å². The molecule has 0 spiro atoms. The summed E-state index contributed by atoms with van der Waals surface area (Å²) in [6.45, 7) is 4.22. The van der Waals surface area contributed by atoms with Crippen molar-refractivity contribution in [2.45, 2.75) is 32.9 Å². The van der Waals surface area contributed by atoms with Crippen LogP contribution < -0.4 is 16.4 Å². The largest absolute Gasteiger partial charge is 0.348 e. The van der Waals surface area contributed by atoms with Gasteiger partial charge < -0.3 is 16.4 Å². The summed E-state index contributed by atoms with van der Waals surface area (Å²) in [5.74, 6) is -0.714. The molecule has 2 amide bonds. The maximum Gasteiger partial charge on any atom is 0.251 e. The van der Waals surface area contributed by atoms with Crippen molar-refractivity contribution in [1.29, 1.82) is 0 Å². The van der Waals surface area contributed by atoms with Gasteiger partial charge in [0.1, 0.15) is 5.82 Å². The van der Waals surface area contributed by atoms with Crippen molar-refractivity contribution in [3.63, 3.8) is 0 Å². The molecule has 6 heteroatoms. The molecule has 2 atom stereocenters. The Balaban J connectivity index is 1.90. The van der Waals surface area contributed by atoms with E-state index in [2.05, 4.69) is 10.6 Å². The highest BCUT2D eigenvalue weighted by Gasteiger charge is 2.19. The Labute approximate surface area is 152 Å². The lowest BCUT2D eigenvalue weighted by molar-refractivity contribution is -0.118. The van der Waals surface area contributed by atoms with Crippen molar-refractivity contribution < 1.29 is 14.0 Å². The number of amides is 2. The molecule has 138 valence electrons. The summed E-state index contributed by atoms with van der Waals surface area (Å²) < 4.78 is 12.9. The van der Waals surface area contributed by atoms with Gasteiger partial charge in [-0.15, -0.1) is 0 Å². The van der Waals surface area contributed by atoms with E-state index in [4.69, 9.17) is 5.73 Å². The number of hydrogen-bond donors (Lipinski definition) is 3. The van der Waals surface area contributed by atoms with Gasteiger partial charge in [-0.2, -0.15) is 0 Å². The first-order valence-electron chi connectivity index (χ1n) is 8.60. The molecule has 2 unspecified atom stereocenters. The number of hydrogen-bond acceptors (Lipinski definition) is 3. The molecule has 2 rings (SSSR count). The van der Waals surface area contributed by atoms with Crippen LogP contribution in [0.3, 0.4) is 0 Å². The third kappa shape index (κ3) is 5.39. The zero-order chi connectivity index (χ0) is 19.1. The summed E-state index contributed by atoms with van der Waals surface area (Å²) in [5.41, 5.74) is 7.77. The molecule has 0 radical (unpaired) electrons. The number of benzene rings is 2. The Hall–Kier alpha value is -2.73. The number of halogens is 1. The van der Waals surface area contributed by atoms with Gasteiger partial charge in [0.15, 0.2) is 0 Å². The van der Waals surface area contributed by atoms with E-state index >= 15 is 0 Å². The molecule has 0 heterocycles. The van der Waals surface area contributed by atoms with Crippen molar-refractivity contribution in [1.82, 2.24) is 5.32 Å². The molecule has 0 bridgehead atoms. The van der Waals surface area contributed by atoms with Crippen molar-refractivity contribution in [2.24, 2.45) is 11.7 Å². The van der Waals surface area contributed by atoms with E-state index in [0.29, 0.717) is 17.8 Å². The molecule has 2 aromatic carbocycles. The highest BCUT2D eigenvalue weighted by atomic mass is 19.1. The summed E-state index contributed by atoms with van der Waals surface area (Å²) in [7, 11) is 0. The van der Waals surface area contributed by atoms with Crippen LogP contribution in [0.4, 0.5) is 10.1 Å². The third-order valence-electron chi connectivity index (χ3n) is 4.34. The van der Waals surface area contributed by atoms with E-state index in [1.807, 2.05) is 13.8 Å². The van der Waals surface area contributed by atoms with E-state index in [1.165, 1.54) is 12.1 Å². The first-order valence-corrected chi connectivity index (χ1v) is 8.60. The third-order valence-corrected chi connectivity index (χ3v) is 4.34. The minimum absolute atomic E-state index is 0.0894. The average molecular weight is 357 g/mol. The quantitative estimate of drug-likeness (QED) is 0.712. The van der Waals surface area contributed by atoms with Gasteiger partial charge in [-0.25, -0.2) is 4.39 Å². The Kier molecular flexibility index (Phi) is 6.86. The summed E-state index contributed by atoms with van der Waals surface area (Å²) in [5, 5.41) is 5.52. The number of anilines is 1. The van der Waals surface area contributed by atoms with Crippen molar-refractivity contribution >= 4 is 17.5 Å². The van der Waals surface area contributed by atoms with Crippen LogP contribution in [-0.2, 0) is 11.3 Å². The summed E-state index contributed by atoms with van der Waals surface area (Å²) >= 11 is 0. The molecule has 2 aromatic rings. The van der Waals surface area contributed by atoms with E-state index < -0.39 is 6.04 Å². The zero-order valence-electron chi connectivity index (χ0n) is 15.0. The van der Waals surface area contributed by atoms with Crippen LogP contribution in [0.1, 0.15) is 36.2 Å². The first-order chi connectivity index (χ1) is 12.4. The normalized spacial score (nSPS) is 12.9. The van der Waals surface area contributed by atoms with Gasteiger partial charge in [0, 0.05) is 17.8 Å². The number of nitrogens with two attached hydrogens (primary N) is 1. The van der Waals surface area contributed by atoms with Gasteiger partial charge in [0.2, 0.25) is 5.91 Å². The summed E-state index contributed by atoms with van der Waals surface area (Å²) in [6.07, 6.45) is 0.821. The van der Waals surface area contributed by atoms with Crippen LogP contribution in [0.25, 0.3) is 0 Å². The van der Waals surface area contributed by atoms with Crippen LogP contribution in [-0.4, -0.2) is 17.9 Å². The SMILES string of the molecule is CCC(C)C(N)C(=O)Nc1ccc(C(=O)NCc2ccc(F)cc2)cc1. The fourth-order valence-electron chi connectivity index (χ4n) is 2.33. The molecule has 0 saturated carbocycles. The van der Waals surface area contributed by atoms with Gasteiger partial charge in [-0.3, -0.25) is 9.59 Å². The minimum Gasteiger partial charge on any atom is -0.348 e. The van der Waals surface area contributed by atoms with Gasteiger partial charge in [0.05, 0.1) is 6.04 Å². The number of carbonyl (C=O) groups is 2. The Morgan fingerprint density at radius 1 is 1.08 bits per heavy atom. The molecule has 0 aliphatic carbocycles. The average Bonchev–Trinajstić information content (AvgIpc) is 2.66. The van der Waals surface area contributed by atoms with Crippen LogP contribution in [0, 0.1) is 11.7 Å². The van der Waals surface area contributed by atoms with Gasteiger partial charge in [-0.05, 0) is 47.9 Å². The van der Waals surface area contributed by atoms with Crippen LogP contribution in [0.15, 0.2) is 48.5 Å². The summed E-state index contributed by atoms with van der Waals surface area (Å²) in [6, 6.07) is 11.9. The molecule has 4 N–H and O–H groups in total. The molecule has 26 heavy (non-hydrogen) atoms. The first kappa shape index (κ1) is 19.6. The number of carbonyl (C=O) groups excluding carboxylic acids is 2. The Morgan fingerprint density at radius 3 is 2.27 bits per heavy atom. The molecule has 0 aliphatic heterocycles. The Bertz CT molecular complexity index is 745. The predicted molar refractivity (Wildman–Crippen MR) is 100 cm³/mol. The van der Waals surface area contributed by atoms with Gasteiger partial charge in [-0.1, -0.05) is 32.4 Å². The smallest absolute Gasteiger partial charge is 0.251 e. The Morgan fingerprint density at radius 2 is 1.69 bits per heavy atom. The second-order valence-electron chi connectivity index (χ2n) is 6.29. The van der Waals surface area contributed by atoms with Crippen LogP contribution >= 0.6 is 0 Å². The van der Waals surface area contributed by atoms with Crippen molar-refractivity contribution in [2.75, 3.05) is 5.32 Å². The highest BCUT2D eigenvalue weighted by Crippen LogP contribution is 2.13. The lowest BCUT2D eigenvalue weighted by Gasteiger charge is -2.17. The number of rotatable bonds is 7. The lowest BCUT2D eigenvalue weighted by atomic mass is 9.99. The molecular formula is C20H24FN3O2. The topological polar surface area (TPSA) is 84.2 Å². The monoisotopic (exact) mass is 357 g/mol. The second-order valence-corrected chi connectivity index (χ2v) is 6.29. The van der Waals surface area contributed by atoms with E-state index in [-0.39, 0.29) is 23.5 Å². The molecular weight excluding hydrogens is 333 g/mol. The molecule has 0 aromatic heterocycles. The van der Waals surface area contributed by atoms with E-state index in [1.54, 1.807) is 36.4 Å². The predicted octanol–water partition coefficient (Wildman–Crippen LogP) is 3.07. The molecule has 0 fully saturated rings.